The van der Waals surface area contributed by atoms with E-state index in [1.54, 1.807) is 11.0 Å². The molecule has 3 heterocycles. The molecule has 0 radical (unpaired) electrons. The number of hydrogen-bond donors (Lipinski definition) is 1. The van der Waals surface area contributed by atoms with Crippen LogP contribution in [0.2, 0.25) is 0 Å². The van der Waals surface area contributed by atoms with Crippen molar-refractivity contribution in [2.24, 2.45) is 0 Å². The molecule has 1 aromatic carbocycles. The highest BCUT2D eigenvalue weighted by molar-refractivity contribution is 7.89. The molecule has 200 valence electrons. The zero-order valence-corrected chi connectivity index (χ0v) is 22.9. The predicted octanol–water partition coefficient (Wildman–Crippen LogP) is 2.89. The van der Waals surface area contributed by atoms with E-state index in [0.717, 1.165) is 48.9 Å². The number of benzene rings is 1. The molecule has 2 aliphatic carbocycles. The number of aromatic nitrogens is 2. The van der Waals surface area contributed by atoms with Gasteiger partial charge in [-0.05, 0) is 71.1 Å². The molecule has 1 amide bonds. The lowest BCUT2D eigenvalue weighted by Crippen LogP contribution is -2.57. The molecule has 2 aliphatic heterocycles. The van der Waals surface area contributed by atoms with Crippen LogP contribution in [0.5, 0.6) is 0 Å². The van der Waals surface area contributed by atoms with Gasteiger partial charge < -0.3 is 9.80 Å². The minimum Gasteiger partial charge on any atom is -0.368 e. The largest absolute Gasteiger partial charge is 0.368 e. The number of hydrogen-bond acceptors (Lipinski definition) is 6. The number of fused-ring (bicyclic) bond motifs is 1. The summed E-state index contributed by atoms with van der Waals surface area (Å²) in [5.74, 6) is -0.0821. The first-order valence-corrected chi connectivity index (χ1v) is 15.1. The predicted molar refractivity (Wildman–Crippen MR) is 144 cm³/mol. The molecule has 2 saturated carbocycles. The number of carbonyl (C=O) groups is 1. The molecule has 2 saturated heterocycles. The maximum Gasteiger partial charge on any atom is 0.246 e. The molecule has 4 aliphatic rings. The molecule has 1 unspecified atom stereocenters. The average molecular weight is 527 g/mol. The number of anilines is 1. The Morgan fingerprint density at radius 2 is 1.81 bits per heavy atom. The van der Waals surface area contributed by atoms with Gasteiger partial charge in [0.15, 0.2) is 0 Å². The van der Waals surface area contributed by atoms with E-state index in [0.29, 0.717) is 31.2 Å². The van der Waals surface area contributed by atoms with Crippen molar-refractivity contribution in [3.05, 3.63) is 31.0 Å². The van der Waals surface area contributed by atoms with Crippen LogP contribution in [0.3, 0.4) is 0 Å². The van der Waals surface area contributed by atoms with Gasteiger partial charge >= 0.3 is 0 Å². The summed E-state index contributed by atoms with van der Waals surface area (Å²) in [4.78, 5) is 19.2. The van der Waals surface area contributed by atoms with Crippen LogP contribution < -0.4 is 9.62 Å². The fourth-order valence-corrected chi connectivity index (χ4v) is 7.88. The Labute approximate surface area is 219 Å². The van der Waals surface area contributed by atoms with E-state index in [2.05, 4.69) is 34.9 Å². The molecule has 10 heteroatoms. The second kappa shape index (κ2) is 8.81. The van der Waals surface area contributed by atoms with Gasteiger partial charge in [0.2, 0.25) is 15.9 Å². The van der Waals surface area contributed by atoms with Crippen LogP contribution in [0.4, 0.5) is 5.69 Å². The summed E-state index contributed by atoms with van der Waals surface area (Å²) >= 11 is 0. The normalized spacial score (nSPS) is 28.1. The molecule has 1 N–H and O–H groups in total. The third-order valence-electron chi connectivity index (χ3n) is 8.65. The lowest BCUT2D eigenvalue weighted by atomic mass is 10.1. The molecule has 4 fully saturated rings. The van der Waals surface area contributed by atoms with Crippen molar-refractivity contribution < 1.29 is 13.2 Å². The summed E-state index contributed by atoms with van der Waals surface area (Å²) in [6.07, 6.45) is 8.25. The number of nitrogens with one attached hydrogen (secondary N) is 1. The Bertz CT molecular complexity index is 1330. The zero-order valence-electron chi connectivity index (χ0n) is 22.1. The van der Waals surface area contributed by atoms with Crippen LogP contribution in [0.25, 0.3) is 10.9 Å². The Morgan fingerprint density at radius 3 is 2.43 bits per heavy atom. The maximum absolute atomic E-state index is 13.5. The first-order chi connectivity index (χ1) is 17.6. The summed E-state index contributed by atoms with van der Waals surface area (Å²) in [5.41, 5.74) is 1.38. The number of carbonyl (C=O) groups excluding carboxylic acids is 1. The molecule has 0 bridgehead atoms. The standard InChI is InChI=1S/C27H38N6O3S/c1-5-26(34)30-11-8-21(17-30)33-25-13-22(37(35,36)29-27(4)9-10-27)12-24(23(25)14-28-33)31-15-18(2)32(19(3)16-31)20-6-7-20/h5,12-14,18-21,29H,1,6-11,15-17H2,2-4H3/t18-,19+,21?. The van der Waals surface area contributed by atoms with Crippen molar-refractivity contribution in [3.63, 3.8) is 0 Å². The van der Waals surface area contributed by atoms with Gasteiger partial charge in [0.1, 0.15) is 0 Å². The van der Waals surface area contributed by atoms with Crippen molar-refractivity contribution >= 4 is 32.5 Å². The third kappa shape index (κ3) is 4.57. The van der Waals surface area contributed by atoms with Crippen LogP contribution >= 0.6 is 0 Å². The molecule has 1 aromatic heterocycles. The fraction of sp³-hybridized carbons (Fsp3) is 0.630. The van der Waals surface area contributed by atoms with Gasteiger partial charge in [-0.3, -0.25) is 14.4 Å². The van der Waals surface area contributed by atoms with E-state index >= 15 is 0 Å². The average Bonchev–Trinajstić information content (AvgIpc) is 3.70. The minimum absolute atomic E-state index is 0.00864. The van der Waals surface area contributed by atoms with Crippen LogP contribution in [-0.4, -0.2) is 83.7 Å². The Kier molecular flexibility index (Phi) is 5.93. The van der Waals surface area contributed by atoms with E-state index < -0.39 is 10.0 Å². The summed E-state index contributed by atoms with van der Waals surface area (Å²) < 4.78 is 32.0. The van der Waals surface area contributed by atoms with Crippen molar-refractivity contribution in [1.82, 2.24) is 24.3 Å². The van der Waals surface area contributed by atoms with E-state index in [1.807, 2.05) is 23.9 Å². The number of piperazine rings is 1. The van der Waals surface area contributed by atoms with Gasteiger partial charge in [0.05, 0.1) is 22.7 Å². The summed E-state index contributed by atoms with van der Waals surface area (Å²) in [6, 6.07) is 5.07. The zero-order chi connectivity index (χ0) is 26.1. The highest BCUT2D eigenvalue weighted by Crippen LogP contribution is 2.40. The van der Waals surface area contributed by atoms with Gasteiger partial charge in [-0.1, -0.05) is 6.58 Å². The van der Waals surface area contributed by atoms with Crippen LogP contribution in [0.1, 0.15) is 58.9 Å². The molecule has 2 aromatic rings. The molecule has 37 heavy (non-hydrogen) atoms. The molecular weight excluding hydrogens is 488 g/mol. The number of rotatable bonds is 7. The van der Waals surface area contributed by atoms with Crippen LogP contribution in [0, 0.1) is 0 Å². The molecular formula is C27H38N6O3S. The molecule has 0 spiro atoms. The van der Waals surface area contributed by atoms with Gasteiger partial charge in [0, 0.05) is 60.9 Å². The smallest absolute Gasteiger partial charge is 0.246 e. The Morgan fingerprint density at radius 1 is 1.11 bits per heavy atom. The summed E-state index contributed by atoms with van der Waals surface area (Å²) in [6.45, 7) is 13.0. The Hall–Kier alpha value is -2.43. The van der Waals surface area contributed by atoms with Crippen molar-refractivity contribution in [3.8, 4) is 0 Å². The lowest BCUT2D eigenvalue weighted by molar-refractivity contribution is -0.125. The highest BCUT2D eigenvalue weighted by atomic mass is 32.2. The third-order valence-corrected chi connectivity index (χ3v) is 10.3. The van der Waals surface area contributed by atoms with E-state index in [-0.39, 0.29) is 22.4 Å². The van der Waals surface area contributed by atoms with Crippen LogP contribution in [-0.2, 0) is 14.8 Å². The van der Waals surface area contributed by atoms with Gasteiger partial charge in [0.25, 0.3) is 0 Å². The van der Waals surface area contributed by atoms with Crippen molar-refractivity contribution in [2.45, 2.75) is 87.5 Å². The summed E-state index contributed by atoms with van der Waals surface area (Å²) in [5, 5.41) is 5.72. The minimum atomic E-state index is -3.70. The first-order valence-electron chi connectivity index (χ1n) is 13.6. The van der Waals surface area contributed by atoms with E-state index in [9.17, 15) is 13.2 Å². The van der Waals surface area contributed by atoms with E-state index in [1.165, 1.54) is 18.9 Å². The maximum atomic E-state index is 13.5. The van der Waals surface area contributed by atoms with Gasteiger partial charge in [-0.25, -0.2) is 13.1 Å². The number of sulfonamides is 1. The molecule has 3 atom stereocenters. The topological polar surface area (TPSA) is 90.8 Å². The van der Waals surface area contributed by atoms with Crippen molar-refractivity contribution in [1.29, 1.82) is 0 Å². The second-order valence-electron chi connectivity index (χ2n) is 11.8. The van der Waals surface area contributed by atoms with Crippen LogP contribution in [0.15, 0.2) is 35.9 Å². The number of amides is 1. The van der Waals surface area contributed by atoms with Crippen molar-refractivity contribution in [2.75, 3.05) is 31.1 Å². The lowest BCUT2D eigenvalue weighted by Gasteiger charge is -2.46. The molecule has 9 nitrogen and oxygen atoms in total. The fourth-order valence-electron chi connectivity index (χ4n) is 6.38. The quantitative estimate of drug-likeness (QED) is 0.558. The Balaban J connectivity index is 1.40. The monoisotopic (exact) mass is 526 g/mol. The summed E-state index contributed by atoms with van der Waals surface area (Å²) in [7, 11) is -3.70. The SMILES string of the molecule is C=CC(=O)N1CCC(n2ncc3c(N4C[C@@H](C)N(C5CC5)[C@@H](C)C4)cc(S(=O)(=O)NC4(C)CC4)cc32)C1. The van der Waals surface area contributed by atoms with Gasteiger partial charge in [-0.2, -0.15) is 5.10 Å². The van der Waals surface area contributed by atoms with Gasteiger partial charge in [-0.15, -0.1) is 0 Å². The first kappa shape index (κ1) is 24.9. The number of nitrogens with zero attached hydrogens (tertiary/aromatic N) is 5. The number of likely N-dealkylation sites (tertiary alicyclic amines) is 1. The highest BCUT2D eigenvalue weighted by Gasteiger charge is 2.42. The second-order valence-corrected chi connectivity index (χ2v) is 13.5. The van der Waals surface area contributed by atoms with E-state index in [4.69, 9.17) is 5.10 Å². The molecule has 6 rings (SSSR count).